The molecule has 1 atom stereocenters. The molecule has 2 heterocycles. The SMILES string of the molecule is COc1ccc(-n2nnnc2C(F)(F)F)cc1CN1CC(=O)NC(C(c2ccccc2)c2ccccc2)C1. The lowest BCUT2D eigenvalue weighted by atomic mass is 9.84. The molecular weight excluding hydrogens is 497 g/mol. The Balaban J connectivity index is 1.45. The zero-order chi connectivity index (χ0) is 26.7. The summed E-state index contributed by atoms with van der Waals surface area (Å²) in [6.07, 6.45) is -4.72. The average molecular weight is 523 g/mol. The fourth-order valence-corrected chi connectivity index (χ4v) is 4.93. The van der Waals surface area contributed by atoms with Crippen molar-refractivity contribution in [2.24, 2.45) is 0 Å². The van der Waals surface area contributed by atoms with Crippen molar-refractivity contribution in [2.45, 2.75) is 24.7 Å². The lowest BCUT2D eigenvalue weighted by molar-refractivity contribution is -0.146. The quantitative estimate of drug-likeness (QED) is 0.397. The van der Waals surface area contributed by atoms with Crippen LogP contribution in [0.3, 0.4) is 0 Å². The van der Waals surface area contributed by atoms with Crippen LogP contribution in [0, 0.1) is 0 Å². The number of benzene rings is 3. The number of alkyl halides is 3. The molecular formula is C27H25F3N6O2. The largest absolute Gasteiger partial charge is 0.496 e. The Morgan fingerprint density at radius 3 is 2.29 bits per heavy atom. The highest BCUT2D eigenvalue weighted by atomic mass is 19.4. The minimum absolute atomic E-state index is 0.0899. The van der Waals surface area contributed by atoms with Gasteiger partial charge in [0, 0.05) is 24.6 Å². The van der Waals surface area contributed by atoms with E-state index < -0.39 is 12.0 Å². The van der Waals surface area contributed by atoms with Gasteiger partial charge in [-0.3, -0.25) is 9.69 Å². The average Bonchev–Trinajstić information content (AvgIpc) is 3.41. The number of piperazine rings is 1. The molecule has 1 aromatic heterocycles. The van der Waals surface area contributed by atoms with Crippen LogP contribution in [-0.4, -0.2) is 57.3 Å². The number of aromatic nitrogens is 4. The van der Waals surface area contributed by atoms with Crippen molar-refractivity contribution in [1.29, 1.82) is 0 Å². The molecule has 38 heavy (non-hydrogen) atoms. The van der Waals surface area contributed by atoms with Crippen LogP contribution in [0.25, 0.3) is 5.69 Å². The van der Waals surface area contributed by atoms with E-state index in [1.54, 1.807) is 12.1 Å². The first kappa shape index (κ1) is 25.4. The predicted molar refractivity (Wildman–Crippen MR) is 133 cm³/mol. The van der Waals surface area contributed by atoms with E-state index in [9.17, 15) is 18.0 Å². The molecule has 8 nitrogen and oxygen atoms in total. The van der Waals surface area contributed by atoms with Crippen LogP contribution in [0.15, 0.2) is 78.9 Å². The third-order valence-electron chi connectivity index (χ3n) is 6.51. The highest BCUT2D eigenvalue weighted by molar-refractivity contribution is 5.79. The second-order valence-corrected chi connectivity index (χ2v) is 9.05. The van der Waals surface area contributed by atoms with Crippen LogP contribution in [0.5, 0.6) is 5.75 Å². The number of hydrogen-bond acceptors (Lipinski definition) is 6. The lowest BCUT2D eigenvalue weighted by Gasteiger charge is -2.38. The van der Waals surface area contributed by atoms with Gasteiger partial charge >= 0.3 is 6.18 Å². The molecule has 1 amide bonds. The second kappa shape index (κ2) is 10.6. The third kappa shape index (κ3) is 5.37. The molecule has 1 aliphatic heterocycles. The molecule has 0 bridgehead atoms. The molecule has 196 valence electrons. The molecule has 3 aromatic carbocycles. The molecule has 1 N–H and O–H groups in total. The van der Waals surface area contributed by atoms with Gasteiger partial charge in [0.2, 0.25) is 5.91 Å². The van der Waals surface area contributed by atoms with Gasteiger partial charge in [-0.1, -0.05) is 60.7 Å². The van der Waals surface area contributed by atoms with Crippen LogP contribution in [0.4, 0.5) is 13.2 Å². The molecule has 5 rings (SSSR count). The smallest absolute Gasteiger partial charge is 0.453 e. The number of ether oxygens (including phenoxy) is 1. The summed E-state index contributed by atoms with van der Waals surface area (Å²) in [4.78, 5) is 14.8. The molecule has 0 saturated carbocycles. The number of carbonyl (C=O) groups excluding carboxylic acids is 1. The van der Waals surface area contributed by atoms with Gasteiger partial charge in [0.1, 0.15) is 5.75 Å². The summed E-state index contributed by atoms with van der Waals surface area (Å²) >= 11 is 0. The molecule has 4 aromatic rings. The van der Waals surface area contributed by atoms with E-state index in [2.05, 4.69) is 20.8 Å². The van der Waals surface area contributed by atoms with Gasteiger partial charge in [-0.15, -0.1) is 5.10 Å². The molecule has 1 fully saturated rings. The minimum atomic E-state index is -4.72. The first-order valence-corrected chi connectivity index (χ1v) is 12.0. The van der Waals surface area contributed by atoms with E-state index in [4.69, 9.17) is 4.74 Å². The normalized spacial score (nSPS) is 16.4. The number of nitrogens with zero attached hydrogens (tertiary/aromatic N) is 5. The van der Waals surface area contributed by atoms with E-state index in [1.807, 2.05) is 65.6 Å². The molecule has 1 unspecified atom stereocenters. The number of methoxy groups -OCH3 is 1. The summed E-state index contributed by atoms with van der Waals surface area (Å²) < 4.78 is 46.3. The van der Waals surface area contributed by atoms with Crippen molar-refractivity contribution in [1.82, 2.24) is 30.4 Å². The summed E-state index contributed by atoms with van der Waals surface area (Å²) in [7, 11) is 1.49. The van der Waals surface area contributed by atoms with E-state index in [0.29, 0.717) is 22.5 Å². The summed E-state index contributed by atoms with van der Waals surface area (Å²) in [5.74, 6) is -0.957. The van der Waals surface area contributed by atoms with Crippen molar-refractivity contribution in [3.05, 3.63) is 101 Å². The summed E-state index contributed by atoms with van der Waals surface area (Å²) in [5, 5.41) is 13.0. The molecule has 0 aliphatic carbocycles. The summed E-state index contributed by atoms with van der Waals surface area (Å²) in [6.45, 7) is 0.936. The standard InChI is InChI=1S/C27H25F3N6O2/c1-38-23-13-12-21(36-26(27(28,29)30)32-33-34-36)14-20(23)15-35-16-22(31-24(37)17-35)25(18-8-4-2-5-9-18)19-10-6-3-7-11-19/h2-14,22,25H,15-17H2,1H3,(H,31,37). The number of hydrogen-bond donors (Lipinski definition) is 1. The Bertz CT molecular complexity index is 1360. The minimum Gasteiger partial charge on any atom is -0.496 e. The topological polar surface area (TPSA) is 85.2 Å². The van der Waals surface area contributed by atoms with Crippen LogP contribution >= 0.6 is 0 Å². The predicted octanol–water partition coefficient (Wildman–Crippen LogP) is 3.82. The van der Waals surface area contributed by atoms with Gasteiger partial charge in [-0.25, -0.2) is 0 Å². The molecule has 1 aliphatic rings. The van der Waals surface area contributed by atoms with E-state index in [-0.39, 0.29) is 36.6 Å². The van der Waals surface area contributed by atoms with Crippen molar-refractivity contribution in [2.75, 3.05) is 20.2 Å². The van der Waals surface area contributed by atoms with Crippen molar-refractivity contribution in [3.63, 3.8) is 0 Å². The number of rotatable bonds is 7. The second-order valence-electron chi connectivity index (χ2n) is 9.05. The van der Waals surface area contributed by atoms with Crippen molar-refractivity contribution < 1.29 is 22.7 Å². The Morgan fingerprint density at radius 2 is 1.68 bits per heavy atom. The zero-order valence-corrected chi connectivity index (χ0v) is 20.5. The highest BCUT2D eigenvalue weighted by Crippen LogP contribution is 2.32. The number of tetrazole rings is 1. The number of halogens is 3. The first-order valence-electron chi connectivity index (χ1n) is 12.0. The molecule has 11 heteroatoms. The van der Waals surface area contributed by atoms with Gasteiger partial charge < -0.3 is 10.1 Å². The third-order valence-corrected chi connectivity index (χ3v) is 6.51. The lowest BCUT2D eigenvalue weighted by Crippen LogP contribution is -2.56. The zero-order valence-electron chi connectivity index (χ0n) is 20.5. The van der Waals surface area contributed by atoms with Gasteiger partial charge in [-0.2, -0.15) is 17.9 Å². The first-order chi connectivity index (χ1) is 18.3. The van der Waals surface area contributed by atoms with Gasteiger partial charge in [-0.05, 0) is 39.8 Å². The maximum absolute atomic E-state index is 13.4. The summed E-state index contributed by atoms with van der Waals surface area (Å²) in [5.41, 5.74) is 2.90. The number of amides is 1. The van der Waals surface area contributed by atoms with Crippen molar-refractivity contribution >= 4 is 5.91 Å². The fourth-order valence-electron chi connectivity index (χ4n) is 4.93. The highest BCUT2D eigenvalue weighted by Gasteiger charge is 2.38. The Morgan fingerprint density at radius 1 is 1.03 bits per heavy atom. The van der Waals surface area contributed by atoms with Crippen molar-refractivity contribution in [3.8, 4) is 11.4 Å². The Labute approximate surface area is 217 Å². The summed E-state index contributed by atoms with van der Waals surface area (Å²) in [6, 6.07) is 24.3. The van der Waals surface area contributed by atoms with E-state index in [1.165, 1.54) is 13.2 Å². The Hall–Kier alpha value is -4.25. The Kier molecular flexibility index (Phi) is 7.10. The van der Waals surface area contributed by atoms with Gasteiger partial charge in [0.25, 0.3) is 5.82 Å². The fraction of sp³-hybridized carbons (Fsp3) is 0.259. The van der Waals surface area contributed by atoms with E-state index in [0.717, 1.165) is 11.1 Å². The number of nitrogens with one attached hydrogen (secondary N) is 1. The maximum Gasteiger partial charge on any atom is 0.453 e. The van der Waals surface area contributed by atoms with Gasteiger partial charge in [0.05, 0.1) is 25.4 Å². The van der Waals surface area contributed by atoms with Gasteiger partial charge in [0.15, 0.2) is 0 Å². The molecule has 0 spiro atoms. The number of carbonyl (C=O) groups is 1. The van der Waals surface area contributed by atoms with E-state index >= 15 is 0 Å². The molecule has 0 radical (unpaired) electrons. The van der Waals surface area contributed by atoms with Crippen LogP contribution in [-0.2, 0) is 17.5 Å². The monoisotopic (exact) mass is 522 g/mol. The van der Waals surface area contributed by atoms with Crippen LogP contribution < -0.4 is 10.1 Å². The van der Waals surface area contributed by atoms with Crippen LogP contribution in [0.2, 0.25) is 0 Å². The maximum atomic E-state index is 13.4. The van der Waals surface area contributed by atoms with Crippen LogP contribution in [0.1, 0.15) is 28.4 Å². The molecule has 1 saturated heterocycles.